The van der Waals surface area contributed by atoms with Crippen LogP contribution in [0.2, 0.25) is 0 Å². The average molecular weight is 619 g/mol. The summed E-state index contributed by atoms with van der Waals surface area (Å²) in [4.78, 5) is 0. The fourth-order valence-corrected chi connectivity index (χ4v) is 4.34. The number of ether oxygens (including phenoxy) is 2. The zero-order valence-corrected chi connectivity index (χ0v) is 23.8. The van der Waals surface area contributed by atoms with Gasteiger partial charge in [-0.1, -0.05) is 48.6 Å². The quantitative estimate of drug-likeness (QED) is 0.137. The molecular weight excluding hydrogens is 584 g/mol. The predicted molar refractivity (Wildman–Crippen MR) is 166 cm³/mol. The molecule has 1 aliphatic heterocycles. The first-order valence-electron chi connectivity index (χ1n) is 13.8. The summed E-state index contributed by atoms with van der Waals surface area (Å²) in [6, 6.07) is 22.0. The topological polar surface area (TPSA) is 201 Å². The molecule has 0 radical (unpaired) electrons. The Bertz CT molecular complexity index is 1580. The molecule has 0 amide bonds. The van der Waals surface area contributed by atoms with Gasteiger partial charge >= 0.3 is 0 Å². The summed E-state index contributed by atoms with van der Waals surface area (Å²) in [5.74, 6) is 0.495. The lowest BCUT2D eigenvalue weighted by Gasteiger charge is -2.39. The summed E-state index contributed by atoms with van der Waals surface area (Å²) in [7, 11) is 0. The molecule has 45 heavy (non-hydrogen) atoms. The van der Waals surface area contributed by atoms with Crippen LogP contribution in [0.1, 0.15) is 22.3 Å². The Morgan fingerprint density at radius 2 is 0.956 bits per heavy atom. The van der Waals surface area contributed by atoms with Gasteiger partial charge in [0.15, 0.2) is 0 Å². The standard InChI is InChI=1S/C20H22O8.C14H12O3/c21-10-16-17(24)18(25)19(26)20(28-16)27-15-8-12(7-14(23)9-15)2-1-11-3-5-13(22)6-4-11;15-12-5-3-10(4-6-12)1-2-11-7-13(16)9-14(17)8-11/h1-9,16-26H,10H2;1-9,15-17H/b2*2-1+/t16-,17-,18+,19-,20-;/m1./s1. The van der Waals surface area contributed by atoms with Gasteiger partial charge in [0.05, 0.1) is 6.61 Å². The summed E-state index contributed by atoms with van der Waals surface area (Å²) in [5.41, 5.74) is 3.05. The molecule has 5 atom stereocenters. The second-order valence-corrected chi connectivity index (χ2v) is 10.2. The normalized spacial score (nSPS) is 21.4. The highest BCUT2D eigenvalue weighted by Gasteiger charge is 2.44. The molecule has 1 heterocycles. The highest BCUT2D eigenvalue weighted by atomic mass is 16.7. The lowest BCUT2D eigenvalue weighted by molar-refractivity contribution is -0.277. The van der Waals surface area contributed by atoms with Gasteiger partial charge in [0.25, 0.3) is 0 Å². The van der Waals surface area contributed by atoms with Crippen molar-refractivity contribution in [3.8, 4) is 34.5 Å². The molecule has 11 heteroatoms. The number of phenols is 5. The van der Waals surface area contributed by atoms with Gasteiger partial charge in [-0.15, -0.1) is 0 Å². The maximum Gasteiger partial charge on any atom is 0.229 e. The second-order valence-electron chi connectivity index (χ2n) is 10.2. The van der Waals surface area contributed by atoms with Crippen LogP contribution in [0.5, 0.6) is 34.5 Å². The second kappa shape index (κ2) is 15.1. The lowest BCUT2D eigenvalue weighted by atomic mass is 9.99. The molecule has 1 saturated heterocycles. The Balaban J connectivity index is 0.000000231. The Morgan fingerprint density at radius 1 is 0.511 bits per heavy atom. The van der Waals surface area contributed by atoms with Crippen LogP contribution in [0, 0.1) is 0 Å². The molecule has 9 N–H and O–H groups in total. The minimum atomic E-state index is -1.55. The maximum absolute atomic E-state index is 10.1. The summed E-state index contributed by atoms with van der Waals surface area (Å²) < 4.78 is 10.8. The van der Waals surface area contributed by atoms with Gasteiger partial charge in [-0.05, 0) is 70.8 Å². The van der Waals surface area contributed by atoms with E-state index in [1.165, 1.54) is 18.2 Å². The van der Waals surface area contributed by atoms with Crippen molar-refractivity contribution in [1.82, 2.24) is 0 Å². The number of aliphatic hydroxyl groups excluding tert-OH is 4. The molecular formula is C34H34O11. The van der Waals surface area contributed by atoms with Crippen molar-refractivity contribution in [3.63, 3.8) is 0 Å². The number of hydrogen-bond acceptors (Lipinski definition) is 11. The number of benzene rings is 4. The average Bonchev–Trinajstić information content (AvgIpc) is 3.00. The molecule has 0 saturated carbocycles. The van der Waals surface area contributed by atoms with Crippen LogP contribution >= 0.6 is 0 Å². The molecule has 4 aromatic carbocycles. The molecule has 5 rings (SSSR count). The maximum atomic E-state index is 10.1. The van der Waals surface area contributed by atoms with E-state index in [2.05, 4.69) is 0 Å². The van der Waals surface area contributed by atoms with Gasteiger partial charge in [0.2, 0.25) is 6.29 Å². The highest BCUT2D eigenvalue weighted by molar-refractivity contribution is 5.72. The fraction of sp³-hybridized carbons (Fsp3) is 0.176. The fourth-order valence-electron chi connectivity index (χ4n) is 4.34. The Labute approximate surface area is 258 Å². The van der Waals surface area contributed by atoms with Gasteiger partial charge in [0.1, 0.15) is 58.9 Å². The van der Waals surface area contributed by atoms with Crippen molar-refractivity contribution in [2.24, 2.45) is 0 Å². The van der Waals surface area contributed by atoms with Crippen molar-refractivity contribution in [2.75, 3.05) is 6.61 Å². The summed E-state index contributed by atoms with van der Waals surface area (Å²) >= 11 is 0. The first-order valence-corrected chi connectivity index (χ1v) is 13.8. The number of rotatable bonds is 7. The molecule has 0 spiro atoms. The van der Waals surface area contributed by atoms with Crippen molar-refractivity contribution >= 4 is 24.3 Å². The van der Waals surface area contributed by atoms with Crippen LogP contribution < -0.4 is 4.74 Å². The minimum Gasteiger partial charge on any atom is -0.508 e. The predicted octanol–water partition coefficient (Wildman–Crippen LogP) is 3.42. The van der Waals surface area contributed by atoms with E-state index in [9.17, 15) is 40.9 Å². The van der Waals surface area contributed by atoms with Gasteiger partial charge < -0.3 is 55.4 Å². The van der Waals surface area contributed by atoms with Gasteiger partial charge in [0, 0.05) is 12.1 Å². The Hall–Kier alpha value is -5.04. The SMILES string of the molecule is OC[C@H]1O[C@@H](Oc2cc(O)cc(/C=C/c3ccc(O)cc3)c2)[C@H](O)[C@@H](O)[C@@H]1O.Oc1ccc(/C=C/c2cc(O)cc(O)c2)cc1. The third kappa shape index (κ3) is 9.47. The number of aliphatic hydroxyl groups is 4. The van der Waals surface area contributed by atoms with Crippen molar-refractivity contribution in [2.45, 2.75) is 30.7 Å². The number of phenolic OH excluding ortho intramolecular Hbond substituents is 5. The van der Waals surface area contributed by atoms with Crippen LogP contribution in [0.25, 0.3) is 24.3 Å². The van der Waals surface area contributed by atoms with E-state index in [0.717, 1.165) is 11.1 Å². The van der Waals surface area contributed by atoms with E-state index >= 15 is 0 Å². The van der Waals surface area contributed by atoms with Crippen LogP contribution in [0.15, 0.2) is 84.9 Å². The van der Waals surface area contributed by atoms with Gasteiger partial charge in [-0.3, -0.25) is 0 Å². The molecule has 1 aliphatic rings. The molecule has 1 fully saturated rings. The van der Waals surface area contributed by atoms with Crippen molar-refractivity contribution < 1.29 is 55.4 Å². The van der Waals surface area contributed by atoms with E-state index in [0.29, 0.717) is 11.1 Å². The van der Waals surface area contributed by atoms with Crippen molar-refractivity contribution in [1.29, 1.82) is 0 Å². The molecule has 4 aromatic rings. The van der Waals surface area contributed by atoms with Crippen LogP contribution in [-0.2, 0) is 4.74 Å². The Kier molecular flexibility index (Phi) is 11.0. The zero-order valence-electron chi connectivity index (χ0n) is 23.8. The third-order valence-corrected chi connectivity index (χ3v) is 6.66. The molecule has 0 aromatic heterocycles. The largest absolute Gasteiger partial charge is 0.508 e. The highest BCUT2D eigenvalue weighted by Crippen LogP contribution is 2.28. The lowest BCUT2D eigenvalue weighted by Crippen LogP contribution is -2.60. The van der Waals surface area contributed by atoms with E-state index in [1.807, 2.05) is 6.08 Å². The third-order valence-electron chi connectivity index (χ3n) is 6.66. The van der Waals surface area contributed by atoms with Crippen LogP contribution in [0.3, 0.4) is 0 Å². The van der Waals surface area contributed by atoms with Crippen molar-refractivity contribution in [3.05, 3.63) is 107 Å². The van der Waals surface area contributed by atoms with Gasteiger partial charge in [-0.25, -0.2) is 0 Å². The zero-order chi connectivity index (χ0) is 32.5. The van der Waals surface area contributed by atoms with Crippen LogP contribution in [-0.4, -0.2) is 83.3 Å². The molecule has 0 unspecified atom stereocenters. The van der Waals surface area contributed by atoms with E-state index < -0.39 is 37.3 Å². The number of aromatic hydroxyl groups is 5. The molecule has 0 bridgehead atoms. The van der Waals surface area contributed by atoms with Gasteiger partial charge in [-0.2, -0.15) is 0 Å². The van der Waals surface area contributed by atoms with E-state index in [1.54, 1.807) is 85.0 Å². The minimum absolute atomic E-state index is 0.0235. The monoisotopic (exact) mass is 618 g/mol. The molecule has 11 nitrogen and oxygen atoms in total. The summed E-state index contributed by atoms with van der Waals surface area (Å²) in [5, 5.41) is 85.9. The van der Waals surface area contributed by atoms with Crippen LogP contribution in [0.4, 0.5) is 0 Å². The summed E-state index contributed by atoms with van der Waals surface area (Å²) in [6.45, 7) is -0.564. The molecule has 236 valence electrons. The molecule has 0 aliphatic carbocycles. The smallest absolute Gasteiger partial charge is 0.229 e. The van der Waals surface area contributed by atoms with E-state index in [4.69, 9.17) is 14.6 Å². The first kappa shape index (κ1) is 32.9. The Morgan fingerprint density at radius 3 is 1.44 bits per heavy atom. The number of hydrogen-bond donors (Lipinski definition) is 9. The summed E-state index contributed by atoms with van der Waals surface area (Å²) in [6.07, 6.45) is 0.0734. The first-order chi connectivity index (χ1) is 21.5. The van der Waals surface area contributed by atoms with E-state index in [-0.39, 0.29) is 34.5 Å².